The lowest BCUT2D eigenvalue weighted by molar-refractivity contribution is -0.136. The number of hydrogen-bond acceptors (Lipinski definition) is 7. The van der Waals surface area contributed by atoms with Gasteiger partial charge in [-0.05, 0) is 44.9 Å². The van der Waals surface area contributed by atoms with E-state index in [1.165, 1.54) is 4.90 Å². The van der Waals surface area contributed by atoms with Gasteiger partial charge < -0.3 is 24.2 Å². The fourth-order valence-electron chi connectivity index (χ4n) is 4.45. The average Bonchev–Trinajstić information content (AvgIpc) is 3.07. The number of nitrogens with one attached hydrogen (secondary N) is 1. The molecule has 10 nitrogen and oxygen atoms in total. The first-order valence-electron chi connectivity index (χ1n) is 11.2. The molecular formula is C23H30N4O6. The molecule has 33 heavy (non-hydrogen) atoms. The molecule has 0 saturated carbocycles. The number of benzene rings is 1. The summed E-state index contributed by atoms with van der Waals surface area (Å²) in [6, 6.07) is 3.00. The highest BCUT2D eigenvalue weighted by atomic mass is 16.6. The molecule has 4 amide bonds. The third-order valence-corrected chi connectivity index (χ3v) is 6.10. The van der Waals surface area contributed by atoms with Gasteiger partial charge in [-0.3, -0.25) is 19.7 Å². The van der Waals surface area contributed by atoms with Crippen LogP contribution < -0.4 is 15.0 Å². The lowest BCUT2D eigenvalue weighted by Crippen LogP contribution is -2.52. The Kier molecular flexibility index (Phi) is 5.94. The van der Waals surface area contributed by atoms with Crippen molar-refractivity contribution >= 4 is 29.5 Å². The monoisotopic (exact) mass is 458 g/mol. The number of ether oxygens (including phenoxy) is 2. The van der Waals surface area contributed by atoms with E-state index in [2.05, 4.69) is 10.2 Å². The van der Waals surface area contributed by atoms with Crippen molar-refractivity contribution in [1.82, 2.24) is 15.1 Å². The van der Waals surface area contributed by atoms with Crippen molar-refractivity contribution in [2.75, 3.05) is 38.2 Å². The van der Waals surface area contributed by atoms with Gasteiger partial charge in [-0.25, -0.2) is 4.79 Å². The number of anilines is 1. The summed E-state index contributed by atoms with van der Waals surface area (Å²) in [5.41, 5.74) is 1.62. The molecule has 4 rings (SSSR count). The van der Waals surface area contributed by atoms with Crippen LogP contribution in [0.5, 0.6) is 5.75 Å². The zero-order valence-electron chi connectivity index (χ0n) is 19.5. The van der Waals surface area contributed by atoms with E-state index in [0.29, 0.717) is 50.5 Å². The molecule has 3 aliphatic heterocycles. The third kappa shape index (κ3) is 4.60. The number of fused-ring (bicyclic) bond motifs is 1. The summed E-state index contributed by atoms with van der Waals surface area (Å²) in [5.74, 6) is -0.412. The Bertz CT molecular complexity index is 993. The van der Waals surface area contributed by atoms with Gasteiger partial charge in [0, 0.05) is 44.7 Å². The van der Waals surface area contributed by atoms with Gasteiger partial charge in [-0.15, -0.1) is 0 Å². The Hall–Kier alpha value is -3.30. The zero-order chi connectivity index (χ0) is 23.9. The molecule has 10 heteroatoms. The van der Waals surface area contributed by atoms with Gasteiger partial charge in [0.1, 0.15) is 17.4 Å². The van der Waals surface area contributed by atoms with Crippen LogP contribution in [-0.4, -0.2) is 78.5 Å². The predicted octanol–water partition coefficient (Wildman–Crippen LogP) is 1.51. The van der Waals surface area contributed by atoms with Gasteiger partial charge in [0.15, 0.2) is 0 Å². The van der Waals surface area contributed by atoms with E-state index in [1.807, 2.05) is 26.8 Å². The van der Waals surface area contributed by atoms with Crippen LogP contribution >= 0.6 is 0 Å². The first-order valence-corrected chi connectivity index (χ1v) is 11.2. The van der Waals surface area contributed by atoms with E-state index in [-0.39, 0.29) is 24.3 Å². The van der Waals surface area contributed by atoms with Crippen LogP contribution in [0.25, 0.3) is 0 Å². The molecule has 178 valence electrons. The van der Waals surface area contributed by atoms with Crippen LogP contribution in [0.4, 0.5) is 10.5 Å². The Morgan fingerprint density at radius 2 is 1.79 bits per heavy atom. The summed E-state index contributed by atoms with van der Waals surface area (Å²) >= 11 is 0. The van der Waals surface area contributed by atoms with Gasteiger partial charge in [0.05, 0.1) is 12.8 Å². The van der Waals surface area contributed by atoms with E-state index in [0.717, 1.165) is 11.3 Å². The highest BCUT2D eigenvalue weighted by Gasteiger charge is 2.40. The SMILES string of the molecule is COc1cc2c(cc1N1CCN(C(=O)OC(C)(C)C)CC1)CN(C1CCC(=O)NC1=O)C2=O. The molecule has 1 aromatic carbocycles. The number of hydrogen-bond donors (Lipinski definition) is 1. The van der Waals surface area contributed by atoms with Gasteiger partial charge in [-0.1, -0.05) is 0 Å². The van der Waals surface area contributed by atoms with Crippen molar-refractivity contribution in [1.29, 1.82) is 0 Å². The molecule has 1 atom stereocenters. The minimum absolute atomic E-state index is 0.215. The second-order valence-electron chi connectivity index (χ2n) is 9.54. The molecule has 3 heterocycles. The number of nitrogens with zero attached hydrogens (tertiary/aromatic N) is 3. The fourth-order valence-corrected chi connectivity index (χ4v) is 4.45. The minimum atomic E-state index is -0.658. The van der Waals surface area contributed by atoms with Crippen LogP contribution in [-0.2, 0) is 20.9 Å². The first-order chi connectivity index (χ1) is 15.6. The number of imide groups is 1. The topological polar surface area (TPSA) is 108 Å². The summed E-state index contributed by atoms with van der Waals surface area (Å²) in [7, 11) is 1.56. The minimum Gasteiger partial charge on any atom is -0.495 e. The maximum atomic E-state index is 13.0. The molecule has 2 fully saturated rings. The van der Waals surface area contributed by atoms with Gasteiger partial charge >= 0.3 is 6.09 Å². The highest BCUT2D eigenvalue weighted by Crippen LogP contribution is 2.37. The summed E-state index contributed by atoms with van der Waals surface area (Å²) in [4.78, 5) is 54.5. The number of carbonyl (C=O) groups is 4. The van der Waals surface area contributed by atoms with Gasteiger partial charge in [0.25, 0.3) is 5.91 Å². The quantitative estimate of drug-likeness (QED) is 0.684. The molecular weight excluding hydrogens is 428 g/mol. The smallest absolute Gasteiger partial charge is 0.410 e. The molecule has 0 aliphatic carbocycles. The van der Waals surface area contributed by atoms with E-state index < -0.39 is 17.6 Å². The van der Waals surface area contributed by atoms with Crippen molar-refractivity contribution in [2.45, 2.75) is 51.8 Å². The molecule has 2 saturated heterocycles. The van der Waals surface area contributed by atoms with Crippen molar-refractivity contribution < 1.29 is 28.7 Å². The van der Waals surface area contributed by atoms with Crippen molar-refractivity contribution in [3.05, 3.63) is 23.3 Å². The molecule has 0 aromatic heterocycles. The number of rotatable bonds is 3. The zero-order valence-corrected chi connectivity index (χ0v) is 19.5. The van der Waals surface area contributed by atoms with Crippen LogP contribution in [0.15, 0.2) is 12.1 Å². The maximum Gasteiger partial charge on any atom is 0.410 e. The average molecular weight is 459 g/mol. The van der Waals surface area contributed by atoms with E-state index >= 15 is 0 Å². The lowest BCUT2D eigenvalue weighted by atomic mass is 10.0. The summed E-state index contributed by atoms with van der Waals surface area (Å²) < 4.78 is 11.1. The van der Waals surface area contributed by atoms with Crippen LogP contribution in [0.1, 0.15) is 49.5 Å². The van der Waals surface area contributed by atoms with E-state index in [1.54, 1.807) is 18.1 Å². The largest absolute Gasteiger partial charge is 0.495 e. The van der Waals surface area contributed by atoms with Crippen molar-refractivity contribution in [3.63, 3.8) is 0 Å². The Morgan fingerprint density at radius 3 is 2.39 bits per heavy atom. The number of piperazine rings is 1. The molecule has 0 radical (unpaired) electrons. The van der Waals surface area contributed by atoms with Crippen molar-refractivity contribution in [2.24, 2.45) is 0 Å². The number of amides is 4. The highest BCUT2D eigenvalue weighted by molar-refractivity contribution is 6.05. The molecule has 1 N–H and O–H groups in total. The number of carbonyl (C=O) groups excluding carboxylic acids is 4. The Morgan fingerprint density at radius 1 is 1.09 bits per heavy atom. The lowest BCUT2D eigenvalue weighted by Gasteiger charge is -2.37. The second-order valence-corrected chi connectivity index (χ2v) is 9.54. The van der Waals surface area contributed by atoms with Gasteiger partial charge in [0.2, 0.25) is 11.8 Å². The summed E-state index contributed by atoms with van der Waals surface area (Å²) in [6.45, 7) is 8.04. The number of methoxy groups -OCH3 is 1. The van der Waals surface area contributed by atoms with Crippen LogP contribution in [0.2, 0.25) is 0 Å². The van der Waals surface area contributed by atoms with E-state index in [4.69, 9.17) is 9.47 Å². The molecule has 0 spiro atoms. The maximum absolute atomic E-state index is 13.0. The standard InChI is InChI=1S/C23H30N4O6/c1-23(2,3)33-22(31)26-9-7-25(8-10-26)17-11-14-13-27(16-5-6-19(28)24-20(16)29)21(30)15(14)12-18(17)32-4/h11-12,16H,5-10,13H2,1-4H3,(H,24,28,29). The van der Waals surface area contributed by atoms with Crippen LogP contribution in [0.3, 0.4) is 0 Å². The van der Waals surface area contributed by atoms with E-state index in [9.17, 15) is 19.2 Å². The second kappa shape index (κ2) is 8.57. The Labute approximate surface area is 192 Å². The predicted molar refractivity (Wildman–Crippen MR) is 119 cm³/mol. The fraction of sp³-hybridized carbons (Fsp3) is 0.565. The van der Waals surface area contributed by atoms with Crippen LogP contribution in [0, 0.1) is 0 Å². The third-order valence-electron chi connectivity index (χ3n) is 6.10. The van der Waals surface area contributed by atoms with Crippen molar-refractivity contribution in [3.8, 4) is 5.75 Å². The number of piperidine rings is 1. The molecule has 1 unspecified atom stereocenters. The summed E-state index contributed by atoms with van der Waals surface area (Å²) in [5, 5.41) is 2.32. The molecule has 0 bridgehead atoms. The normalized spacial score (nSPS) is 21.2. The molecule has 3 aliphatic rings. The van der Waals surface area contributed by atoms with Gasteiger partial charge in [-0.2, -0.15) is 0 Å². The Balaban J connectivity index is 1.49. The molecule has 1 aromatic rings. The first kappa shape index (κ1) is 22.9. The summed E-state index contributed by atoms with van der Waals surface area (Å²) in [6.07, 6.45) is 0.210.